The molecule has 0 saturated heterocycles. The van der Waals surface area contributed by atoms with Gasteiger partial charge in [-0.1, -0.05) is 23.7 Å². The molecule has 1 N–H and O–H groups in total. The number of halogens is 1. The second-order valence-electron chi connectivity index (χ2n) is 4.32. The van der Waals surface area contributed by atoms with Crippen LogP contribution < -0.4 is 5.32 Å². The number of amides is 1. The van der Waals surface area contributed by atoms with Gasteiger partial charge in [0.05, 0.1) is 0 Å². The van der Waals surface area contributed by atoms with Crippen LogP contribution in [0.1, 0.15) is 36.0 Å². The van der Waals surface area contributed by atoms with Crippen molar-refractivity contribution in [1.29, 1.82) is 0 Å². The Balaban J connectivity index is 2.02. The van der Waals surface area contributed by atoms with Gasteiger partial charge in [0.1, 0.15) is 6.10 Å². The van der Waals surface area contributed by atoms with E-state index in [2.05, 4.69) is 10.3 Å². The van der Waals surface area contributed by atoms with Gasteiger partial charge in [-0.15, -0.1) is 11.3 Å². The van der Waals surface area contributed by atoms with Crippen molar-refractivity contribution in [3.63, 3.8) is 0 Å². The molecule has 2 rings (SSSR count). The minimum Gasteiger partial charge on any atom is -0.453 e. The molecule has 0 aliphatic carbocycles. The summed E-state index contributed by atoms with van der Waals surface area (Å²) in [5.74, 6) is -0.774. The Labute approximate surface area is 130 Å². The number of thiazole rings is 1. The van der Waals surface area contributed by atoms with Crippen molar-refractivity contribution < 1.29 is 14.3 Å². The second-order valence-corrected chi connectivity index (χ2v) is 5.61. The fourth-order valence-corrected chi connectivity index (χ4v) is 2.45. The number of ether oxygens (including phenoxy) is 1. The highest BCUT2D eigenvalue weighted by Gasteiger charge is 2.17. The topological polar surface area (TPSA) is 68.3 Å². The van der Waals surface area contributed by atoms with Gasteiger partial charge >= 0.3 is 5.97 Å². The number of esters is 1. The van der Waals surface area contributed by atoms with Gasteiger partial charge in [0.25, 0.3) is 0 Å². The zero-order valence-corrected chi connectivity index (χ0v) is 13.0. The van der Waals surface area contributed by atoms with Crippen LogP contribution in [-0.2, 0) is 9.53 Å². The van der Waals surface area contributed by atoms with E-state index in [0.29, 0.717) is 10.2 Å². The van der Waals surface area contributed by atoms with Gasteiger partial charge in [-0.2, -0.15) is 0 Å². The Morgan fingerprint density at radius 2 is 2.00 bits per heavy atom. The molecule has 110 valence electrons. The monoisotopic (exact) mass is 324 g/mol. The summed E-state index contributed by atoms with van der Waals surface area (Å²) >= 11 is 6.98. The van der Waals surface area contributed by atoms with Crippen LogP contribution in [0.2, 0.25) is 5.02 Å². The number of carbonyl (C=O) groups is 2. The van der Waals surface area contributed by atoms with Crippen molar-refractivity contribution >= 4 is 39.9 Å². The van der Waals surface area contributed by atoms with E-state index in [1.165, 1.54) is 18.3 Å². The summed E-state index contributed by atoms with van der Waals surface area (Å²) in [6.45, 7) is 3.14. The van der Waals surface area contributed by atoms with E-state index in [1.54, 1.807) is 36.6 Å². The molecule has 1 amide bonds. The van der Waals surface area contributed by atoms with E-state index in [0.717, 1.165) is 5.56 Å². The van der Waals surface area contributed by atoms with Gasteiger partial charge < -0.3 is 10.1 Å². The van der Waals surface area contributed by atoms with Crippen molar-refractivity contribution in [3.8, 4) is 0 Å². The fourth-order valence-electron chi connectivity index (χ4n) is 1.60. The lowest BCUT2D eigenvalue weighted by Crippen LogP contribution is -2.10. The first-order valence-electron chi connectivity index (χ1n) is 6.15. The number of carbonyl (C=O) groups excluding carboxylic acids is 2. The van der Waals surface area contributed by atoms with Crippen molar-refractivity contribution in [2.45, 2.75) is 20.0 Å². The maximum absolute atomic E-state index is 12.0. The van der Waals surface area contributed by atoms with E-state index in [4.69, 9.17) is 16.3 Å². The molecule has 1 aromatic carbocycles. The van der Waals surface area contributed by atoms with Crippen molar-refractivity contribution in [2.24, 2.45) is 0 Å². The lowest BCUT2D eigenvalue weighted by molar-refractivity contribution is -0.114. The summed E-state index contributed by atoms with van der Waals surface area (Å²) in [4.78, 5) is 26.9. The predicted molar refractivity (Wildman–Crippen MR) is 81.7 cm³/mol. The number of rotatable bonds is 4. The van der Waals surface area contributed by atoms with Crippen LogP contribution in [0, 0.1) is 0 Å². The quantitative estimate of drug-likeness (QED) is 0.871. The third-order valence-electron chi connectivity index (χ3n) is 2.62. The highest BCUT2D eigenvalue weighted by atomic mass is 35.5. The standard InChI is InChI=1S/C14H13ClN2O3S/c1-8(10-3-5-11(15)6-4-10)20-13(19)12-7-21-14(17-12)16-9(2)18/h3-8H,1-2H3,(H,16,17,18). The first-order chi connectivity index (χ1) is 9.95. The molecule has 7 heteroatoms. The van der Waals surface area contributed by atoms with Crippen LogP contribution in [0.3, 0.4) is 0 Å². The summed E-state index contributed by atoms with van der Waals surface area (Å²) in [5.41, 5.74) is 1.01. The largest absolute Gasteiger partial charge is 0.453 e. The Morgan fingerprint density at radius 3 is 2.62 bits per heavy atom. The van der Waals surface area contributed by atoms with Gasteiger partial charge in [0, 0.05) is 17.3 Å². The molecule has 5 nitrogen and oxygen atoms in total. The number of nitrogens with one attached hydrogen (secondary N) is 1. The molecular formula is C14H13ClN2O3S. The molecule has 0 saturated carbocycles. The molecule has 0 aliphatic heterocycles. The molecule has 0 fully saturated rings. The van der Waals surface area contributed by atoms with Gasteiger partial charge in [0.2, 0.25) is 5.91 Å². The maximum Gasteiger partial charge on any atom is 0.358 e. The van der Waals surface area contributed by atoms with Gasteiger partial charge in [-0.25, -0.2) is 9.78 Å². The Bertz CT molecular complexity index is 654. The summed E-state index contributed by atoms with van der Waals surface area (Å²) in [6, 6.07) is 7.06. The maximum atomic E-state index is 12.0. The summed E-state index contributed by atoms with van der Waals surface area (Å²) in [6.07, 6.45) is -0.416. The first kappa shape index (κ1) is 15.5. The number of hydrogen-bond acceptors (Lipinski definition) is 5. The summed E-state index contributed by atoms with van der Waals surface area (Å²) in [7, 11) is 0. The minimum absolute atomic E-state index is 0.171. The van der Waals surface area contributed by atoms with E-state index in [1.807, 2.05) is 0 Å². The minimum atomic E-state index is -0.537. The molecule has 1 unspecified atom stereocenters. The SMILES string of the molecule is CC(=O)Nc1nc(C(=O)OC(C)c2ccc(Cl)cc2)cs1. The Morgan fingerprint density at radius 1 is 1.33 bits per heavy atom. The molecule has 2 aromatic rings. The van der Waals surface area contributed by atoms with Gasteiger partial charge in [-0.05, 0) is 24.6 Å². The van der Waals surface area contributed by atoms with E-state index < -0.39 is 12.1 Å². The molecule has 21 heavy (non-hydrogen) atoms. The zero-order chi connectivity index (χ0) is 15.4. The summed E-state index contributed by atoms with van der Waals surface area (Å²) < 4.78 is 5.33. The predicted octanol–water partition coefficient (Wildman–Crippen LogP) is 3.67. The van der Waals surface area contributed by atoms with Gasteiger partial charge in [-0.3, -0.25) is 4.79 Å². The summed E-state index contributed by atoms with van der Waals surface area (Å²) in [5, 5.41) is 5.05. The second kappa shape index (κ2) is 6.69. The van der Waals surface area contributed by atoms with Crippen LogP contribution in [-0.4, -0.2) is 16.9 Å². The van der Waals surface area contributed by atoms with E-state index >= 15 is 0 Å². The van der Waals surface area contributed by atoms with E-state index in [-0.39, 0.29) is 11.6 Å². The molecule has 0 radical (unpaired) electrons. The molecule has 1 heterocycles. The molecular weight excluding hydrogens is 312 g/mol. The van der Waals surface area contributed by atoms with Crippen LogP contribution in [0.15, 0.2) is 29.6 Å². The molecule has 1 aromatic heterocycles. The van der Waals surface area contributed by atoms with Gasteiger partial charge in [0.15, 0.2) is 10.8 Å². The van der Waals surface area contributed by atoms with Crippen LogP contribution in [0.4, 0.5) is 5.13 Å². The zero-order valence-electron chi connectivity index (χ0n) is 11.4. The number of anilines is 1. The smallest absolute Gasteiger partial charge is 0.358 e. The first-order valence-corrected chi connectivity index (χ1v) is 7.41. The molecule has 1 atom stereocenters. The van der Waals surface area contributed by atoms with Crippen LogP contribution >= 0.6 is 22.9 Å². The lowest BCUT2D eigenvalue weighted by Gasteiger charge is -2.12. The molecule has 0 bridgehead atoms. The number of hydrogen-bond donors (Lipinski definition) is 1. The fraction of sp³-hybridized carbons (Fsp3) is 0.214. The van der Waals surface area contributed by atoms with E-state index in [9.17, 15) is 9.59 Å². The number of nitrogens with zero attached hydrogens (tertiary/aromatic N) is 1. The average Bonchev–Trinajstić information content (AvgIpc) is 2.87. The van der Waals surface area contributed by atoms with Crippen molar-refractivity contribution in [3.05, 3.63) is 45.9 Å². The van der Waals surface area contributed by atoms with Crippen LogP contribution in [0.5, 0.6) is 0 Å². The lowest BCUT2D eigenvalue weighted by atomic mass is 10.1. The Hall–Kier alpha value is -1.92. The third kappa shape index (κ3) is 4.27. The van der Waals surface area contributed by atoms with Crippen LogP contribution in [0.25, 0.3) is 0 Å². The number of aromatic nitrogens is 1. The molecule has 0 spiro atoms. The molecule has 0 aliphatic rings. The highest BCUT2D eigenvalue weighted by Crippen LogP contribution is 2.22. The number of benzene rings is 1. The Kier molecular flexibility index (Phi) is 4.93. The van der Waals surface area contributed by atoms with Crippen molar-refractivity contribution in [2.75, 3.05) is 5.32 Å². The van der Waals surface area contributed by atoms with Crippen molar-refractivity contribution in [1.82, 2.24) is 4.98 Å². The highest BCUT2D eigenvalue weighted by molar-refractivity contribution is 7.14. The third-order valence-corrected chi connectivity index (χ3v) is 3.63. The normalized spacial score (nSPS) is 11.8. The average molecular weight is 325 g/mol.